The van der Waals surface area contributed by atoms with Crippen molar-refractivity contribution in [3.63, 3.8) is 0 Å². The molecule has 1 fully saturated rings. The minimum Gasteiger partial charge on any atom is -0.481 e. The third-order valence-electron chi connectivity index (χ3n) is 3.16. The smallest absolute Gasteiger partial charge is 0.309 e. The lowest BCUT2D eigenvalue weighted by atomic mass is 9.95. The molecule has 0 aromatic heterocycles. The summed E-state index contributed by atoms with van der Waals surface area (Å²) in [6.45, 7) is 3.36. The van der Waals surface area contributed by atoms with Crippen LogP contribution in [0.1, 0.15) is 18.5 Å². The molecule has 1 aliphatic rings. The first-order valence-electron chi connectivity index (χ1n) is 5.30. The van der Waals surface area contributed by atoms with Gasteiger partial charge in [0, 0.05) is 24.2 Å². The van der Waals surface area contributed by atoms with Gasteiger partial charge < -0.3 is 5.11 Å². The van der Waals surface area contributed by atoms with E-state index in [1.54, 1.807) is 0 Å². The highest BCUT2D eigenvalue weighted by Crippen LogP contribution is 2.28. The zero-order valence-corrected chi connectivity index (χ0v) is 9.81. The number of hydrogen-bond acceptors (Lipinski definition) is 2. The number of carboxylic acids is 1. The molecule has 0 amide bonds. The molecule has 1 saturated heterocycles. The lowest BCUT2D eigenvalue weighted by Crippen LogP contribution is -2.51. The van der Waals surface area contributed by atoms with Gasteiger partial charge in [-0.1, -0.05) is 23.7 Å². The molecule has 2 rings (SSSR count). The predicted octanol–water partition coefficient (Wildman–Crippen LogP) is 2.42. The fourth-order valence-electron chi connectivity index (χ4n) is 1.94. The first kappa shape index (κ1) is 11.4. The monoisotopic (exact) mass is 239 g/mol. The maximum Gasteiger partial charge on any atom is 0.309 e. The van der Waals surface area contributed by atoms with Crippen molar-refractivity contribution >= 4 is 17.6 Å². The highest BCUT2D eigenvalue weighted by Gasteiger charge is 2.35. The Morgan fingerprint density at radius 3 is 2.50 bits per heavy atom. The second-order valence-corrected chi connectivity index (χ2v) is 4.65. The van der Waals surface area contributed by atoms with Crippen LogP contribution in [-0.2, 0) is 4.79 Å². The Hall–Kier alpha value is -1.06. The minimum absolute atomic E-state index is 0.199. The summed E-state index contributed by atoms with van der Waals surface area (Å²) in [5, 5.41) is 9.52. The van der Waals surface area contributed by atoms with E-state index < -0.39 is 5.97 Å². The fourth-order valence-corrected chi connectivity index (χ4v) is 2.06. The Kier molecular flexibility index (Phi) is 3.17. The lowest BCUT2D eigenvalue weighted by Gasteiger charge is -2.41. The summed E-state index contributed by atoms with van der Waals surface area (Å²) < 4.78 is 0. The van der Waals surface area contributed by atoms with Crippen LogP contribution in [0, 0.1) is 5.92 Å². The van der Waals surface area contributed by atoms with Crippen molar-refractivity contribution in [1.82, 2.24) is 4.90 Å². The summed E-state index contributed by atoms with van der Waals surface area (Å²) in [5.41, 5.74) is 1.17. The maximum atomic E-state index is 10.7. The van der Waals surface area contributed by atoms with Gasteiger partial charge in [-0.3, -0.25) is 9.69 Å². The number of hydrogen-bond donors (Lipinski definition) is 1. The molecule has 1 aliphatic heterocycles. The topological polar surface area (TPSA) is 40.5 Å². The maximum absolute atomic E-state index is 10.7. The number of benzene rings is 1. The highest BCUT2D eigenvalue weighted by molar-refractivity contribution is 6.30. The molecule has 1 unspecified atom stereocenters. The van der Waals surface area contributed by atoms with E-state index in [9.17, 15) is 4.79 Å². The van der Waals surface area contributed by atoms with Crippen molar-refractivity contribution in [3.05, 3.63) is 34.9 Å². The van der Waals surface area contributed by atoms with Crippen LogP contribution in [0.5, 0.6) is 0 Å². The van der Waals surface area contributed by atoms with E-state index in [2.05, 4.69) is 11.8 Å². The van der Waals surface area contributed by atoms with Crippen molar-refractivity contribution in [2.24, 2.45) is 5.92 Å². The molecule has 1 heterocycles. The molecule has 0 bridgehead atoms. The van der Waals surface area contributed by atoms with E-state index >= 15 is 0 Å². The third-order valence-corrected chi connectivity index (χ3v) is 3.41. The van der Waals surface area contributed by atoms with Gasteiger partial charge in [0.15, 0.2) is 0 Å². The largest absolute Gasteiger partial charge is 0.481 e. The average Bonchev–Trinajstić information content (AvgIpc) is 2.15. The molecule has 1 N–H and O–H groups in total. The van der Waals surface area contributed by atoms with Crippen molar-refractivity contribution < 1.29 is 9.90 Å². The first-order chi connectivity index (χ1) is 7.58. The van der Waals surface area contributed by atoms with Crippen molar-refractivity contribution in [3.8, 4) is 0 Å². The summed E-state index contributed by atoms with van der Waals surface area (Å²) in [5.74, 6) is -0.894. The molecule has 0 spiro atoms. The Morgan fingerprint density at radius 2 is 2.00 bits per heavy atom. The van der Waals surface area contributed by atoms with E-state index in [-0.39, 0.29) is 12.0 Å². The summed E-state index contributed by atoms with van der Waals surface area (Å²) in [6, 6.07) is 7.96. The minimum atomic E-state index is -0.695. The van der Waals surface area contributed by atoms with Gasteiger partial charge >= 0.3 is 5.97 Å². The van der Waals surface area contributed by atoms with Gasteiger partial charge in [-0.2, -0.15) is 0 Å². The number of halogens is 1. The number of likely N-dealkylation sites (tertiary alicyclic amines) is 1. The number of carboxylic acid groups (broad SMARTS) is 1. The van der Waals surface area contributed by atoms with Crippen LogP contribution in [-0.4, -0.2) is 29.1 Å². The Bertz CT molecular complexity index is 385. The number of nitrogens with zero attached hydrogens (tertiary/aromatic N) is 1. The van der Waals surface area contributed by atoms with Gasteiger partial charge in [0.05, 0.1) is 5.92 Å². The molecule has 4 heteroatoms. The van der Waals surface area contributed by atoms with Gasteiger partial charge in [-0.25, -0.2) is 0 Å². The zero-order valence-electron chi connectivity index (χ0n) is 9.06. The van der Waals surface area contributed by atoms with Gasteiger partial charge in [0.25, 0.3) is 0 Å². The molecule has 1 aromatic carbocycles. The quantitative estimate of drug-likeness (QED) is 0.881. The van der Waals surface area contributed by atoms with Crippen molar-refractivity contribution in [1.29, 1.82) is 0 Å². The molecule has 3 nitrogen and oxygen atoms in total. The van der Waals surface area contributed by atoms with E-state index in [4.69, 9.17) is 16.7 Å². The third kappa shape index (κ3) is 2.20. The van der Waals surface area contributed by atoms with Gasteiger partial charge in [-0.05, 0) is 24.6 Å². The second kappa shape index (κ2) is 4.44. The molecular formula is C12H14ClNO2. The summed E-state index contributed by atoms with van der Waals surface area (Å²) in [4.78, 5) is 12.8. The highest BCUT2D eigenvalue weighted by atomic mass is 35.5. The van der Waals surface area contributed by atoms with Gasteiger partial charge in [0.2, 0.25) is 0 Å². The first-order valence-corrected chi connectivity index (χ1v) is 5.68. The van der Waals surface area contributed by atoms with E-state index in [0.717, 1.165) is 5.02 Å². The van der Waals surface area contributed by atoms with Crippen molar-refractivity contribution in [2.45, 2.75) is 13.0 Å². The summed E-state index contributed by atoms with van der Waals surface area (Å²) >= 11 is 5.82. The Balaban J connectivity index is 1.97. The molecule has 16 heavy (non-hydrogen) atoms. The molecule has 0 saturated carbocycles. The Morgan fingerprint density at radius 1 is 1.44 bits per heavy atom. The molecule has 0 aliphatic carbocycles. The van der Waals surface area contributed by atoms with Crippen LogP contribution in [0.4, 0.5) is 0 Å². The number of aliphatic carboxylic acids is 1. The molecule has 1 atom stereocenters. The zero-order chi connectivity index (χ0) is 11.7. The van der Waals surface area contributed by atoms with Crippen LogP contribution >= 0.6 is 11.6 Å². The second-order valence-electron chi connectivity index (χ2n) is 4.22. The summed E-state index contributed by atoms with van der Waals surface area (Å²) in [6.07, 6.45) is 0. The average molecular weight is 240 g/mol. The SMILES string of the molecule is CC(c1ccc(Cl)cc1)N1CC(C(=O)O)C1. The molecule has 0 radical (unpaired) electrons. The van der Waals surface area contributed by atoms with E-state index in [0.29, 0.717) is 13.1 Å². The van der Waals surface area contributed by atoms with Gasteiger partial charge in [-0.15, -0.1) is 0 Å². The lowest BCUT2D eigenvalue weighted by molar-refractivity contribution is -0.148. The number of rotatable bonds is 3. The normalized spacial score (nSPS) is 19.1. The van der Waals surface area contributed by atoms with E-state index in [1.165, 1.54) is 5.56 Å². The standard InChI is InChI=1S/C12H14ClNO2/c1-8(9-2-4-11(13)5-3-9)14-6-10(7-14)12(15)16/h2-5,8,10H,6-7H2,1H3,(H,15,16). The van der Waals surface area contributed by atoms with E-state index in [1.807, 2.05) is 24.3 Å². The van der Waals surface area contributed by atoms with Crippen LogP contribution in [0.2, 0.25) is 5.02 Å². The van der Waals surface area contributed by atoms with Crippen LogP contribution < -0.4 is 0 Å². The number of carbonyl (C=O) groups is 1. The Labute approximate surface area is 99.6 Å². The molecular weight excluding hydrogens is 226 g/mol. The van der Waals surface area contributed by atoms with Crippen LogP contribution in [0.15, 0.2) is 24.3 Å². The van der Waals surface area contributed by atoms with Crippen molar-refractivity contribution in [2.75, 3.05) is 13.1 Å². The van der Waals surface area contributed by atoms with Gasteiger partial charge in [0.1, 0.15) is 0 Å². The molecule has 86 valence electrons. The predicted molar refractivity (Wildman–Crippen MR) is 62.6 cm³/mol. The summed E-state index contributed by atoms with van der Waals surface area (Å²) in [7, 11) is 0. The van der Waals surface area contributed by atoms with Crippen LogP contribution in [0.3, 0.4) is 0 Å². The fraction of sp³-hybridized carbons (Fsp3) is 0.417. The van der Waals surface area contributed by atoms with Crippen LogP contribution in [0.25, 0.3) is 0 Å². The molecule has 1 aromatic rings.